The van der Waals surface area contributed by atoms with Crippen molar-refractivity contribution in [3.8, 4) is 0 Å². The second-order valence-corrected chi connectivity index (χ2v) is 13.0. The molecule has 1 aromatic heterocycles. The summed E-state index contributed by atoms with van der Waals surface area (Å²) in [6, 6.07) is 0.794. The van der Waals surface area contributed by atoms with Gasteiger partial charge in [-0.3, -0.25) is 23.0 Å². The Bertz CT molecular complexity index is 1380. The minimum absolute atomic E-state index is 0.353. The number of carbonyl (C=O) groups excluding carboxylic acids is 2. The summed E-state index contributed by atoms with van der Waals surface area (Å²) in [5.41, 5.74) is -7.36. The summed E-state index contributed by atoms with van der Waals surface area (Å²) in [7, 11) is -8.17. The first-order valence-corrected chi connectivity index (χ1v) is 15.8. The van der Waals surface area contributed by atoms with Crippen LogP contribution in [0.2, 0.25) is 0 Å². The van der Waals surface area contributed by atoms with E-state index in [-0.39, 0.29) is 0 Å². The van der Waals surface area contributed by atoms with Gasteiger partial charge in [0, 0.05) is 18.9 Å². The molecule has 1 aliphatic heterocycles. The number of phosphoric ester groups is 1. The van der Waals surface area contributed by atoms with E-state index >= 15 is 0 Å². The van der Waals surface area contributed by atoms with E-state index in [1.54, 1.807) is 0 Å². The van der Waals surface area contributed by atoms with Crippen LogP contribution in [0.5, 0.6) is 0 Å². The smallest absolute Gasteiger partial charge is 0.438 e. The molecule has 0 bridgehead atoms. The molecule has 2 heterocycles. The minimum Gasteiger partial charge on any atom is -0.438 e. The fourth-order valence-electron chi connectivity index (χ4n) is 3.53. The highest BCUT2D eigenvalue weighted by Crippen LogP contribution is 2.52. The Hall–Kier alpha value is -2.71. The molecule has 0 aromatic carbocycles. The number of aromatic nitrogens is 2. The second kappa shape index (κ2) is 15.0. The number of methoxy groups -OCH3 is 1. The third kappa shape index (κ3) is 9.64. The van der Waals surface area contributed by atoms with Crippen molar-refractivity contribution in [2.24, 2.45) is 0 Å². The lowest BCUT2D eigenvalue weighted by atomic mass is 9.88. The van der Waals surface area contributed by atoms with Gasteiger partial charge in [-0.25, -0.2) is 37.0 Å². The molecule has 0 saturated carbocycles. The van der Waals surface area contributed by atoms with E-state index in [9.17, 15) is 47.8 Å². The molecule has 20 nitrogen and oxygen atoms in total. The Labute approximate surface area is 248 Å². The number of halogens is 1. The third-order valence-corrected chi connectivity index (χ3v) is 7.52. The Kier molecular flexibility index (Phi) is 12.8. The first-order valence-electron chi connectivity index (χ1n) is 12.3. The Morgan fingerprint density at radius 2 is 1.70 bits per heavy atom. The van der Waals surface area contributed by atoms with Crippen molar-refractivity contribution in [2.45, 2.75) is 57.1 Å². The van der Waals surface area contributed by atoms with Crippen LogP contribution < -0.4 is 11.2 Å². The largest absolute Gasteiger partial charge is 0.510 e. The molecule has 44 heavy (non-hydrogen) atoms. The van der Waals surface area contributed by atoms with E-state index in [1.807, 2.05) is 0 Å². The molecule has 6 atom stereocenters. The summed E-state index contributed by atoms with van der Waals surface area (Å²) in [4.78, 5) is 57.4. The van der Waals surface area contributed by atoms with Crippen LogP contribution in [-0.2, 0) is 57.6 Å². The Morgan fingerprint density at radius 1 is 1.11 bits per heavy atom. The molecule has 0 aliphatic carbocycles. The molecule has 0 amide bonds. The fraction of sp³-hybridized carbons (Fsp3) is 0.714. The van der Waals surface area contributed by atoms with Crippen molar-refractivity contribution >= 4 is 27.7 Å². The van der Waals surface area contributed by atoms with Gasteiger partial charge in [-0.15, -0.1) is 0 Å². The van der Waals surface area contributed by atoms with E-state index in [0.717, 1.165) is 33.0 Å². The van der Waals surface area contributed by atoms with Gasteiger partial charge in [0.1, 0.15) is 25.1 Å². The van der Waals surface area contributed by atoms with Crippen LogP contribution in [0.15, 0.2) is 21.9 Å². The van der Waals surface area contributed by atoms with E-state index in [4.69, 9.17) is 23.0 Å². The predicted octanol–water partition coefficient (Wildman–Crippen LogP) is 0.566. The van der Waals surface area contributed by atoms with Crippen molar-refractivity contribution in [3.63, 3.8) is 0 Å². The third-order valence-electron chi connectivity index (χ3n) is 5.64. The standard InChI is InChI=1S/C21H33FN2O18P2/c1-13(2)41-19(29)36-12-40-44(33,39-11-35-18(28)34-4)37-9-21(8-22)15(26)20(3,30)16(42-21)23-7-6-14(25)24(17(23)27)10-38-43(5,31)32/h6-7,13,15-16,26,30H,8-12H2,1-5H3,(H,31,32)/t15-,16+,20+,21+,44?/m0/s1. The summed E-state index contributed by atoms with van der Waals surface area (Å²) in [5.74, 6) is 0. The van der Waals surface area contributed by atoms with E-state index in [0.29, 0.717) is 9.13 Å². The SMILES string of the molecule is COC(=O)OCOP(=O)(OCOC(=O)OC(C)C)OC[C@@]1(CF)O[C@@H](n2ccc(=O)n(COP(C)(=O)O)c2=O)[C@](C)(O)[C@@H]1O. The average Bonchev–Trinajstić information content (AvgIpc) is 3.12. The maximum atomic E-state index is 14.5. The van der Waals surface area contributed by atoms with Gasteiger partial charge < -0.3 is 38.8 Å². The summed E-state index contributed by atoms with van der Waals surface area (Å²) in [6.07, 6.45) is -6.47. The molecule has 2 unspecified atom stereocenters. The summed E-state index contributed by atoms with van der Waals surface area (Å²) < 4.78 is 83.0. The number of hydrogen-bond donors (Lipinski definition) is 3. The molecule has 23 heteroatoms. The van der Waals surface area contributed by atoms with Crippen LogP contribution in [0.1, 0.15) is 27.0 Å². The summed E-state index contributed by atoms with van der Waals surface area (Å²) in [5, 5.41) is 22.0. The van der Waals surface area contributed by atoms with Crippen molar-refractivity contribution < 1.29 is 80.0 Å². The maximum absolute atomic E-state index is 14.5. The van der Waals surface area contributed by atoms with Gasteiger partial charge in [0.2, 0.25) is 13.6 Å². The fourth-order valence-corrected chi connectivity index (χ4v) is 4.82. The number of hydrogen-bond acceptors (Lipinski definition) is 17. The first-order chi connectivity index (χ1) is 20.3. The van der Waals surface area contributed by atoms with E-state index < -0.39 is 102 Å². The lowest BCUT2D eigenvalue weighted by Crippen LogP contribution is -2.53. The van der Waals surface area contributed by atoms with Crippen molar-refractivity contribution in [3.05, 3.63) is 33.1 Å². The first kappa shape index (κ1) is 37.5. The molecule has 1 aromatic rings. The van der Waals surface area contributed by atoms with Crippen LogP contribution in [0.3, 0.4) is 0 Å². The number of aliphatic hydroxyl groups is 2. The lowest BCUT2D eigenvalue weighted by molar-refractivity contribution is -0.142. The molecule has 1 fully saturated rings. The normalized spacial score (nSPS) is 26.0. The molecule has 1 saturated heterocycles. The topological polar surface area (TPSA) is 256 Å². The number of nitrogens with zero attached hydrogens (tertiary/aromatic N) is 2. The molecule has 252 valence electrons. The monoisotopic (exact) mass is 682 g/mol. The molecule has 1 aliphatic rings. The summed E-state index contributed by atoms with van der Waals surface area (Å²) in [6.45, 7) is -1.37. The zero-order valence-corrected chi connectivity index (χ0v) is 25.8. The number of alkyl halides is 1. The molecule has 2 rings (SSSR count). The molecule has 3 N–H and O–H groups in total. The predicted molar refractivity (Wildman–Crippen MR) is 139 cm³/mol. The van der Waals surface area contributed by atoms with Gasteiger partial charge >= 0.3 is 33.4 Å². The van der Waals surface area contributed by atoms with Gasteiger partial charge in [0.15, 0.2) is 11.8 Å². The highest BCUT2D eigenvalue weighted by molar-refractivity contribution is 7.51. The van der Waals surface area contributed by atoms with Crippen LogP contribution >= 0.6 is 15.4 Å². The molecule has 0 radical (unpaired) electrons. The van der Waals surface area contributed by atoms with Crippen molar-refractivity contribution in [1.82, 2.24) is 9.13 Å². The van der Waals surface area contributed by atoms with Gasteiger partial charge in [-0.2, -0.15) is 0 Å². The Morgan fingerprint density at radius 3 is 2.23 bits per heavy atom. The highest BCUT2D eigenvalue weighted by atomic mass is 31.2. The average molecular weight is 682 g/mol. The number of carbonyl (C=O) groups is 2. The van der Waals surface area contributed by atoms with Gasteiger partial charge in [0.25, 0.3) is 5.56 Å². The lowest BCUT2D eigenvalue weighted by Gasteiger charge is -2.31. The second-order valence-electron chi connectivity index (χ2n) is 9.50. The van der Waals surface area contributed by atoms with E-state index in [2.05, 4.69) is 18.7 Å². The molecular weight excluding hydrogens is 649 g/mol. The highest BCUT2D eigenvalue weighted by Gasteiger charge is 2.63. The number of rotatable bonds is 15. The quantitative estimate of drug-likeness (QED) is 0.130. The van der Waals surface area contributed by atoms with Gasteiger partial charge in [-0.05, 0) is 20.8 Å². The van der Waals surface area contributed by atoms with Crippen LogP contribution in [0.4, 0.5) is 14.0 Å². The van der Waals surface area contributed by atoms with Crippen LogP contribution in [0, 0.1) is 0 Å². The van der Waals surface area contributed by atoms with Crippen LogP contribution in [-0.4, -0.2) is 101 Å². The summed E-state index contributed by atoms with van der Waals surface area (Å²) >= 11 is 0. The van der Waals surface area contributed by atoms with E-state index in [1.165, 1.54) is 13.8 Å². The van der Waals surface area contributed by atoms with Crippen molar-refractivity contribution in [2.75, 3.05) is 40.6 Å². The zero-order chi connectivity index (χ0) is 33.5. The maximum Gasteiger partial charge on any atom is 0.510 e. The van der Waals surface area contributed by atoms with Gasteiger partial charge in [0.05, 0.1) is 19.8 Å². The Balaban J connectivity index is 2.34. The molecule has 0 spiro atoms. The zero-order valence-electron chi connectivity index (χ0n) is 24.1. The number of ether oxygens (including phenoxy) is 5. The van der Waals surface area contributed by atoms with Crippen LogP contribution in [0.25, 0.3) is 0 Å². The molecular formula is C21H33FN2O18P2. The number of phosphoric acid groups is 1. The number of aliphatic hydroxyl groups excluding tert-OH is 1. The van der Waals surface area contributed by atoms with Crippen molar-refractivity contribution in [1.29, 1.82) is 0 Å². The van der Waals surface area contributed by atoms with Gasteiger partial charge in [-0.1, -0.05) is 0 Å². The minimum atomic E-state index is -4.98.